The Morgan fingerprint density at radius 1 is 1.24 bits per heavy atom. The molecule has 0 radical (unpaired) electrons. The monoisotopic (exact) mass is 337 g/mol. The Kier molecular flexibility index (Phi) is 4.03. The first-order valence-electron chi connectivity index (χ1n) is 8.86. The van der Waals surface area contributed by atoms with E-state index in [1.165, 1.54) is 16.8 Å². The fourth-order valence-corrected chi connectivity index (χ4v) is 3.68. The highest BCUT2D eigenvalue weighted by Gasteiger charge is 2.25. The lowest BCUT2D eigenvalue weighted by Gasteiger charge is -2.36. The molecule has 2 aliphatic rings. The first kappa shape index (κ1) is 15.9. The molecule has 0 saturated carbocycles. The molecule has 25 heavy (non-hydrogen) atoms. The number of pyridine rings is 1. The van der Waals surface area contributed by atoms with Gasteiger partial charge in [-0.2, -0.15) is 5.10 Å². The van der Waals surface area contributed by atoms with E-state index >= 15 is 0 Å². The van der Waals surface area contributed by atoms with Crippen molar-refractivity contribution < 1.29 is 4.79 Å². The van der Waals surface area contributed by atoms with Crippen LogP contribution in [-0.4, -0.2) is 51.8 Å². The number of carbonyl (C=O) groups excluding carboxylic acids is 1. The van der Waals surface area contributed by atoms with Crippen LogP contribution in [0.3, 0.4) is 0 Å². The molecule has 0 unspecified atom stereocenters. The van der Waals surface area contributed by atoms with Gasteiger partial charge in [0.2, 0.25) is 5.91 Å². The predicted molar refractivity (Wildman–Crippen MR) is 98.1 cm³/mol. The molecule has 1 fully saturated rings. The largest absolute Gasteiger partial charge is 0.367 e. The second kappa shape index (κ2) is 6.35. The lowest BCUT2D eigenvalue weighted by molar-refractivity contribution is -0.131. The van der Waals surface area contributed by atoms with Crippen molar-refractivity contribution in [3.8, 4) is 0 Å². The normalized spacial score (nSPS) is 16.8. The summed E-state index contributed by atoms with van der Waals surface area (Å²) in [5.74, 6) is 0.248. The number of aromatic nitrogens is 3. The lowest BCUT2D eigenvalue weighted by Crippen LogP contribution is -2.48. The Morgan fingerprint density at radius 2 is 2.04 bits per heavy atom. The second-order valence-corrected chi connectivity index (χ2v) is 6.66. The van der Waals surface area contributed by atoms with Gasteiger partial charge < -0.3 is 9.80 Å². The number of allylic oxidation sites excluding steroid dienone is 1. The molecule has 3 heterocycles. The van der Waals surface area contributed by atoms with Gasteiger partial charge in [0, 0.05) is 75.3 Å². The van der Waals surface area contributed by atoms with E-state index in [0.717, 1.165) is 43.9 Å². The Hall–Kier alpha value is -2.63. The fourth-order valence-electron chi connectivity index (χ4n) is 3.68. The molecule has 1 aliphatic heterocycles. The van der Waals surface area contributed by atoms with Crippen LogP contribution in [0.1, 0.15) is 30.2 Å². The number of amides is 1. The third-order valence-corrected chi connectivity index (χ3v) is 5.08. The summed E-state index contributed by atoms with van der Waals surface area (Å²) in [6.45, 7) is 5.26. The van der Waals surface area contributed by atoms with E-state index in [0.29, 0.717) is 6.42 Å². The topological polar surface area (TPSA) is 54.3 Å². The highest BCUT2D eigenvalue weighted by atomic mass is 16.2. The standard InChI is InChI=1S/C19H23N5O/c1-3-19(25)24-8-6-23(7-9-24)18-4-5-20-17-11-14(10-16(17)18)15-12-21-22(2)13-15/h4-5,10,12-13H,3,6-9,11H2,1-2H3. The summed E-state index contributed by atoms with van der Waals surface area (Å²) >= 11 is 0. The minimum atomic E-state index is 0.248. The molecule has 2 aromatic heterocycles. The number of piperazine rings is 1. The van der Waals surface area contributed by atoms with Gasteiger partial charge in [0.15, 0.2) is 0 Å². The van der Waals surface area contributed by atoms with Crippen molar-refractivity contribution in [3.05, 3.63) is 41.5 Å². The van der Waals surface area contributed by atoms with Gasteiger partial charge in [0.05, 0.1) is 11.9 Å². The van der Waals surface area contributed by atoms with Crippen molar-refractivity contribution in [1.82, 2.24) is 19.7 Å². The minimum absolute atomic E-state index is 0.248. The number of hydrogen-bond acceptors (Lipinski definition) is 4. The number of anilines is 1. The second-order valence-electron chi connectivity index (χ2n) is 6.66. The van der Waals surface area contributed by atoms with E-state index in [1.807, 2.05) is 42.1 Å². The molecule has 0 atom stereocenters. The number of fused-ring (bicyclic) bond motifs is 1. The van der Waals surface area contributed by atoms with E-state index in [9.17, 15) is 4.79 Å². The van der Waals surface area contributed by atoms with Crippen LogP contribution in [0.15, 0.2) is 24.7 Å². The van der Waals surface area contributed by atoms with Gasteiger partial charge in [-0.25, -0.2) is 0 Å². The van der Waals surface area contributed by atoms with Gasteiger partial charge >= 0.3 is 0 Å². The van der Waals surface area contributed by atoms with E-state index in [2.05, 4.69) is 27.1 Å². The summed E-state index contributed by atoms with van der Waals surface area (Å²) in [5, 5.41) is 4.28. The quantitative estimate of drug-likeness (QED) is 0.859. The summed E-state index contributed by atoms with van der Waals surface area (Å²) < 4.78 is 1.83. The molecule has 1 aliphatic carbocycles. The Morgan fingerprint density at radius 3 is 2.72 bits per heavy atom. The fraction of sp³-hybridized carbons (Fsp3) is 0.421. The maximum absolute atomic E-state index is 11.9. The average molecular weight is 337 g/mol. The molecule has 0 aromatic carbocycles. The number of carbonyl (C=O) groups is 1. The highest BCUT2D eigenvalue weighted by molar-refractivity contribution is 5.91. The highest BCUT2D eigenvalue weighted by Crippen LogP contribution is 2.36. The summed E-state index contributed by atoms with van der Waals surface area (Å²) in [5.41, 5.74) is 6.00. The first-order chi connectivity index (χ1) is 12.2. The van der Waals surface area contributed by atoms with Crippen molar-refractivity contribution in [2.24, 2.45) is 7.05 Å². The van der Waals surface area contributed by atoms with E-state index < -0.39 is 0 Å². The third kappa shape index (κ3) is 2.92. The van der Waals surface area contributed by atoms with Crippen LogP contribution < -0.4 is 4.90 Å². The van der Waals surface area contributed by atoms with Gasteiger partial charge in [0.25, 0.3) is 0 Å². The van der Waals surface area contributed by atoms with Gasteiger partial charge in [-0.15, -0.1) is 0 Å². The van der Waals surface area contributed by atoms with Crippen LogP contribution in [-0.2, 0) is 18.3 Å². The van der Waals surface area contributed by atoms with Crippen LogP contribution in [0.25, 0.3) is 11.6 Å². The Balaban J connectivity index is 1.57. The maximum atomic E-state index is 11.9. The minimum Gasteiger partial charge on any atom is -0.367 e. The van der Waals surface area contributed by atoms with Crippen LogP contribution in [0, 0.1) is 0 Å². The first-order valence-corrected chi connectivity index (χ1v) is 8.86. The number of nitrogens with zero attached hydrogens (tertiary/aromatic N) is 5. The number of hydrogen-bond donors (Lipinski definition) is 0. The maximum Gasteiger partial charge on any atom is 0.222 e. The zero-order chi connectivity index (χ0) is 17.4. The molecule has 0 bridgehead atoms. The molecular formula is C19H23N5O. The van der Waals surface area contributed by atoms with Crippen molar-refractivity contribution in [2.45, 2.75) is 19.8 Å². The van der Waals surface area contributed by atoms with E-state index in [-0.39, 0.29) is 5.91 Å². The zero-order valence-corrected chi connectivity index (χ0v) is 14.8. The van der Waals surface area contributed by atoms with Crippen molar-refractivity contribution >= 4 is 23.2 Å². The molecule has 130 valence electrons. The lowest BCUT2D eigenvalue weighted by atomic mass is 10.1. The third-order valence-electron chi connectivity index (χ3n) is 5.08. The summed E-state index contributed by atoms with van der Waals surface area (Å²) in [7, 11) is 1.94. The van der Waals surface area contributed by atoms with Gasteiger partial charge in [-0.1, -0.05) is 6.92 Å². The van der Waals surface area contributed by atoms with Crippen molar-refractivity contribution in [2.75, 3.05) is 31.1 Å². The Labute approximate surface area is 147 Å². The van der Waals surface area contributed by atoms with Crippen LogP contribution in [0.2, 0.25) is 0 Å². The van der Waals surface area contributed by atoms with E-state index in [4.69, 9.17) is 0 Å². The van der Waals surface area contributed by atoms with Gasteiger partial charge in [-0.05, 0) is 17.7 Å². The molecule has 2 aromatic rings. The molecule has 0 N–H and O–H groups in total. The van der Waals surface area contributed by atoms with Crippen LogP contribution in [0.5, 0.6) is 0 Å². The van der Waals surface area contributed by atoms with Crippen LogP contribution >= 0.6 is 0 Å². The summed E-state index contributed by atoms with van der Waals surface area (Å²) in [4.78, 5) is 20.8. The smallest absolute Gasteiger partial charge is 0.222 e. The number of rotatable bonds is 3. The molecule has 1 amide bonds. The summed E-state index contributed by atoms with van der Waals surface area (Å²) in [6, 6.07) is 2.10. The van der Waals surface area contributed by atoms with Gasteiger partial charge in [0.1, 0.15) is 0 Å². The van der Waals surface area contributed by atoms with Crippen molar-refractivity contribution in [3.63, 3.8) is 0 Å². The average Bonchev–Trinajstić information content (AvgIpc) is 3.26. The molecule has 6 nitrogen and oxygen atoms in total. The predicted octanol–water partition coefficient (Wildman–Crippen LogP) is 1.97. The zero-order valence-electron chi connectivity index (χ0n) is 14.8. The SMILES string of the molecule is CCC(=O)N1CCN(c2ccnc3c2C=C(c2cnn(C)c2)C3)CC1. The molecule has 4 rings (SSSR count). The van der Waals surface area contributed by atoms with E-state index in [1.54, 1.807) is 0 Å². The number of aryl methyl sites for hydroxylation is 1. The molecular weight excluding hydrogens is 314 g/mol. The van der Waals surface area contributed by atoms with Crippen LogP contribution in [0.4, 0.5) is 5.69 Å². The molecule has 1 saturated heterocycles. The summed E-state index contributed by atoms with van der Waals surface area (Å²) in [6.07, 6.45) is 9.54. The Bertz CT molecular complexity index is 830. The molecule has 6 heteroatoms. The van der Waals surface area contributed by atoms with Crippen molar-refractivity contribution in [1.29, 1.82) is 0 Å². The van der Waals surface area contributed by atoms with Gasteiger partial charge in [-0.3, -0.25) is 14.5 Å². The molecule has 0 spiro atoms.